The minimum atomic E-state index is -0.344. The molecule has 1 aromatic rings. The lowest BCUT2D eigenvalue weighted by atomic mass is 9.84. The van der Waals surface area contributed by atoms with Crippen LogP contribution in [0.4, 0.5) is 0 Å². The minimum Gasteiger partial charge on any atom is -0.496 e. The molecule has 0 spiro atoms. The SMILES string of the molecule is COc1ccccc1C1CC(=O)NC(C)=C1C(=O)OC1CCCC1. The number of benzene rings is 1. The second-order valence-electron chi connectivity index (χ2n) is 6.40. The van der Waals surface area contributed by atoms with Gasteiger partial charge in [-0.15, -0.1) is 0 Å². The van der Waals surface area contributed by atoms with Gasteiger partial charge in [0.1, 0.15) is 11.9 Å². The molecule has 1 aromatic carbocycles. The van der Waals surface area contributed by atoms with E-state index in [1.165, 1.54) is 0 Å². The predicted octanol–water partition coefficient (Wildman–Crippen LogP) is 3.06. The Balaban J connectivity index is 1.94. The largest absolute Gasteiger partial charge is 0.496 e. The molecule has 1 N–H and O–H groups in total. The molecular formula is C19H23NO4. The van der Waals surface area contributed by atoms with Crippen LogP contribution in [0.1, 0.15) is 50.5 Å². The highest BCUT2D eigenvalue weighted by Gasteiger charge is 2.35. The topological polar surface area (TPSA) is 64.6 Å². The molecule has 0 saturated heterocycles. The van der Waals surface area contributed by atoms with Crippen molar-refractivity contribution in [3.63, 3.8) is 0 Å². The van der Waals surface area contributed by atoms with Crippen LogP contribution in [0.2, 0.25) is 0 Å². The van der Waals surface area contributed by atoms with Gasteiger partial charge in [-0.25, -0.2) is 4.79 Å². The fraction of sp³-hybridized carbons (Fsp3) is 0.474. The molecule has 1 atom stereocenters. The molecule has 1 aliphatic heterocycles. The Morgan fingerprint density at radius 3 is 2.62 bits per heavy atom. The van der Waals surface area contributed by atoms with Crippen molar-refractivity contribution >= 4 is 11.9 Å². The Hall–Kier alpha value is -2.30. The second kappa shape index (κ2) is 7.07. The molecule has 1 aliphatic carbocycles. The number of methoxy groups -OCH3 is 1. The number of carbonyl (C=O) groups excluding carboxylic acids is 2. The van der Waals surface area contributed by atoms with Crippen molar-refractivity contribution in [2.75, 3.05) is 7.11 Å². The molecule has 1 amide bonds. The van der Waals surface area contributed by atoms with Crippen LogP contribution in [0.25, 0.3) is 0 Å². The first-order valence-corrected chi connectivity index (χ1v) is 8.44. The van der Waals surface area contributed by atoms with Crippen LogP contribution >= 0.6 is 0 Å². The molecular weight excluding hydrogens is 306 g/mol. The summed E-state index contributed by atoms with van der Waals surface area (Å²) in [6.07, 6.45) is 4.25. The van der Waals surface area contributed by atoms with Crippen molar-refractivity contribution in [2.45, 2.75) is 51.0 Å². The van der Waals surface area contributed by atoms with Crippen LogP contribution < -0.4 is 10.1 Å². The van der Waals surface area contributed by atoms with Crippen LogP contribution in [0.3, 0.4) is 0 Å². The fourth-order valence-corrected chi connectivity index (χ4v) is 3.61. The van der Waals surface area contributed by atoms with Gasteiger partial charge in [0.25, 0.3) is 0 Å². The van der Waals surface area contributed by atoms with Crippen molar-refractivity contribution in [3.8, 4) is 5.75 Å². The Bertz CT molecular complexity index is 674. The zero-order chi connectivity index (χ0) is 17.1. The quantitative estimate of drug-likeness (QED) is 0.862. The molecule has 1 unspecified atom stereocenters. The molecule has 2 aliphatic rings. The van der Waals surface area contributed by atoms with Gasteiger partial charge < -0.3 is 14.8 Å². The van der Waals surface area contributed by atoms with Gasteiger partial charge in [-0.05, 0) is 38.7 Å². The first-order valence-electron chi connectivity index (χ1n) is 8.44. The third-order valence-electron chi connectivity index (χ3n) is 4.78. The summed E-state index contributed by atoms with van der Waals surface area (Å²) in [5.74, 6) is -0.0869. The number of hydrogen-bond acceptors (Lipinski definition) is 4. The normalized spacial score (nSPS) is 21.6. The van der Waals surface area contributed by atoms with Gasteiger partial charge in [-0.2, -0.15) is 0 Å². The molecule has 0 bridgehead atoms. The highest BCUT2D eigenvalue weighted by molar-refractivity contribution is 5.96. The molecule has 3 rings (SSSR count). The maximum absolute atomic E-state index is 12.8. The summed E-state index contributed by atoms with van der Waals surface area (Å²) in [4.78, 5) is 24.8. The van der Waals surface area contributed by atoms with Gasteiger partial charge in [0.15, 0.2) is 0 Å². The van der Waals surface area contributed by atoms with Crippen molar-refractivity contribution in [3.05, 3.63) is 41.1 Å². The number of esters is 1. The third-order valence-corrected chi connectivity index (χ3v) is 4.78. The van der Waals surface area contributed by atoms with Gasteiger partial charge in [0.05, 0.1) is 12.7 Å². The van der Waals surface area contributed by atoms with E-state index in [4.69, 9.17) is 9.47 Å². The number of amides is 1. The van der Waals surface area contributed by atoms with E-state index in [0.717, 1.165) is 31.2 Å². The summed E-state index contributed by atoms with van der Waals surface area (Å²) >= 11 is 0. The molecule has 1 saturated carbocycles. The molecule has 0 radical (unpaired) electrons. The second-order valence-corrected chi connectivity index (χ2v) is 6.40. The average Bonchev–Trinajstić information content (AvgIpc) is 3.06. The number of para-hydroxylation sites is 1. The van der Waals surface area contributed by atoms with E-state index in [0.29, 0.717) is 17.0 Å². The Labute approximate surface area is 142 Å². The summed E-state index contributed by atoms with van der Waals surface area (Å²) in [7, 11) is 1.59. The van der Waals surface area contributed by atoms with Crippen molar-refractivity contribution < 1.29 is 19.1 Å². The van der Waals surface area contributed by atoms with E-state index in [1.54, 1.807) is 14.0 Å². The number of hydrogen-bond donors (Lipinski definition) is 1. The molecule has 128 valence electrons. The smallest absolute Gasteiger partial charge is 0.336 e. The van der Waals surface area contributed by atoms with E-state index in [9.17, 15) is 9.59 Å². The summed E-state index contributed by atoms with van der Waals surface area (Å²) in [5, 5.41) is 2.77. The minimum absolute atomic E-state index is 0.00579. The Morgan fingerprint density at radius 2 is 1.92 bits per heavy atom. The van der Waals surface area contributed by atoms with Crippen LogP contribution in [0.15, 0.2) is 35.5 Å². The number of ether oxygens (including phenoxy) is 2. The van der Waals surface area contributed by atoms with Crippen LogP contribution in [-0.4, -0.2) is 25.1 Å². The summed E-state index contributed by atoms with van der Waals surface area (Å²) in [6, 6.07) is 7.51. The average molecular weight is 329 g/mol. The maximum atomic E-state index is 12.8. The molecule has 1 heterocycles. The molecule has 24 heavy (non-hydrogen) atoms. The maximum Gasteiger partial charge on any atom is 0.336 e. The Kier molecular flexibility index (Phi) is 4.88. The summed E-state index contributed by atoms with van der Waals surface area (Å²) in [5.41, 5.74) is 1.95. The van der Waals surface area contributed by atoms with Crippen molar-refractivity contribution in [2.24, 2.45) is 0 Å². The van der Waals surface area contributed by atoms with Crippen LogP contribution in [-0.2, 0) is 14.3 Å². The highest BCUT2D eigenvalue weighted by Crippen LogP contribution is 2.38. The lowest BCUT2D eigenvalue weighted by Crippen LogP contribution is -2.35. The number of rotatable bonds is 4. The lowest BCUT2D eigenvalue weighted by Gasteiger charge is -2.28. The van der Waals surface area contributed by atoms with Crippen LogP contribution in [0, 0.1) is 0 Å². The summed E-state index contributed by atoms with van der Waals surface area (Å²) in [6.45, 7) is 1.75. The lowest BCUT2D eigenvalue weighted by molar-refractivity contribution is -0.144. The Morgan fingerprint density at radius 1 is 1.21 bits per heavy atom. The standard InChI is InChI=1S/C19H23NO4/c1-12-18(19(22)24-13-7-3-4-8-13)15(11-17(21)20-12)14-9-5-6-10-16(14)23-2/h5-6,9-10,13,15H,3-4,7-8,11H2,1-2H3,(H,20,21). The zero-order valence-electron chi connectivity index (χ0n) is 14.1. The molecule has 0 aromatic heterocycles. The monoisotopic (exact) mass is 329 g/mol. The highest BCUT2D eigenvalue weighted by atomic mass is 16.5. The number of carbonyl (C=O) groups is 2. The van der Waals surface area contributed by atoms with E-state index in [2.05, 4.69) is 5.32 Å². The van der Waals surface area contributed by atoms with Gasteiger partial charge in [0.2, 0.25) is 5.91 Å². The van der Waals surface area contributed by atoms with Gasteiger partial charge in [-0.3, -0.25) is 4.79 Å². The van der Waals surface area contributed by atoms with E-state index in [1.807, 2.05) is 24.3 Å². The number of nitrogens with one attached hydrogen (secondary N) is 1. The van der Waals surface area contributed by atoms with E-state index < -0.39 is 0 Å². The van der Waals surface area contributed by atoms with Gasteiger partial charge >= 0.3 is 5.97 Å². The third kappa shape index (κ3) is 3.30. The van der Waals surface area contributed by atoms with Crippen molar-refractivity contribution in [1.29, 1.82) is 0 Å². The molecule has 1 fully saturated rings. The summed E-state index contributed by atoms with van der Waals surface area (Å²) < 4.78 is 11.1. The number of allylic oxidation sites excluding steroid dienone is 1. The molecule has 5 nitrogen and oxygen atoms in total. The van der Waals surface area contributed by atoms with Crippen molar-refractivity contribution in [1.82, 2.24) is 5.32 Å². The van der Waals surface area contributed by atoms with E-state index in [-0.39, 0.29) is 30.3 Å². The predicted molar refractivity (Wildman–Crippen MR) is 89.5 cm³/mol. The first-order chi connectivity index (χ1) is 11.6. The van der Waals surface area contributed by atoms with Crippen LogP contribution in [0.5, 0.6) is 5.75 Å². The van der Waals surface area contributed by atoms with Gasteiger partial charge in [-0.1, -0.05) is 18.2 Å². The van der Waals surface area contributed by atoms with Gasteiger partial charge in [0, 0.05) is 23.6 Å². The van der Waals surface area contributed by atoms with E-state index >= 15 is 0 Å². The first kappa shape index (κ1) is 16.6. The molecule has 5 heteroatoms. The zero-order valence-corrected chi connectivity index (χ0v) is 14.1. The fourth-order valence-electron chi connectivity index (χ4n) is 3.61.